The van der Waals surface area contributed by atoms with Gasteiger partial charge < -0.3 is 10.2 Å². The van der Waals surface area contributed by atoms with E-state index in [4.69, 9.17) is 5.26 Å². The number of hydrogen-bond donors (Lipinski definition) is 1. The molecule has 0 aliphatic heterocycles. The zero-order chi connectivity index (χ0) is 15.1. The van der Waals surface area contributed by atoms with E-state index in [1.807, 2.05) is 12.1 Å². The average molecular weight is 285 g/mol. The minimum atomic E-state index is 0.746. The standard InChI is InChI=1S/C18H27N3/c1-15-8-6-9-16(14-19)18(15)20-12-7-13-21(2)17-10-4-3-5-11-17/h6,8-9,17,20H,3-5,7,10-13H2,1-2H3. The summed E-state index contributed by atoms with van der Waals surface area (Å²) in [7, 11) is 2.25. The van der Waals surface area contributed by atoms with E-state index >= 15 is 0 Å². The number of anilines is 1. The average Bonchev–Trinajstić information content (AvgIpc) is 2.53. The molecule has 1 aliphatic carbocycles. The lowest BCUT2D eigenvalue weighted by atomic mass is 9.94. The maximum atomic E-state index is 9.16. The minimum Gasteiger partial charge on any atom is -0.384 e. The maximum Gasteiger partial charge on any atom is 0.101 e. The molecule has 1 aromatic rings. The van der Waals surface area contributed by atoms with E-state index in [2.05, 4.69) is 36.3 Å². The largest absolute Gasteiger partial charge is 0.384 e. The van der Waals surface area contributed by atoms with Crippen LogP contribution in [-0.2, 0) is 0 Å². The molecular weight excluding hydrogens is 258 g/mol. The van der Waals surface area contributed by atoms with Crippen LogP contribution in [0.25, 0.3) is 0 Å². The molecule has 1 N–H and O–H groups in total. The Hall–Kier alpha value is -1.53. The molecule has 1 saturated carbocycles. The number of hydrogen-bond acceptors (Lipinski definition) is 3. The zero-order valence-electron chi connectivity index (χ0n) is 13.4. The van der Waals surface area contributed by atoms with Crippen molar-refractivity contribution in [2.75, 3.05) is 25.5 Å². The van der Waals surface area contributed by atoms with Crippen molar-refractivity contribution in [3.05, 3.63) is 29.3 Å². The fraction of sp³-hybridized carbons (Fsp3) is 0.611. The molecule has 0 bridgehead atoms. The first kappa shape index (κ1) is 15.9. The number of nitrogens with one attached hydrogen (secondary N) is 1. The second kappa shape index (κ2) is 8.05. The fourth-order valence-electron chi connectivity index (χ4n) is 3.24. The van der Waals surface area contributed by atoms with Crippen LogP contribution in [0.2, 0.25) is 0 Å². The lowest BCUT2D eigenvalue weighted by Crippen LogP contribution is -2.34. The van der Waals surface area contributed by atoms with Crippen LogP contribution in [0, 0.1) is 18.3 Å². The van der Waals surface area contributed by atoms with Gasteiger partial charge in [-0.05, 0) is 51.4 Å². The number of nitriles is 1. The summed E-state index contributed by atoms with van der Waals surface area (Å²) in [6, 6.07) is 8.92. The van der Waals surface area contributed by atoms with Crippen molar-refractivity contribution < 1.29 is 0 Å². The zero-order valence-corrected chi connectivity index (χ0v) is 13.4. The van der Waals surface area contributed by atoms with Crippen molar-refractivity contribution in [2.45, 2.75) is 51.5 Å². The number of para-hydroxylation sites is 1. The normalized spacial score (nSPS) is 15.9. The number of rotatable bonds is 6. The summed E-state index contributed by atoms with van der Waals surface area (Å²) >= 11 is 0. The monoisotopic (exact) mass is 285 g/mol. The predicted octanol–water partition coefficient (Wildman–Crippen LogP) is 3.93. The Balaban J connectivity index is 1.76. The van der Waals surface area contributed by atoms with Gasteiger partial charge in [-0.1, -0.05) is 31.4 Å². The van der Waals surface area contributed by atoms with Crippen molar-refractivity contribution in [2.24, 2.45) is 0 Å². The Morgan fingerprint density at radius 2 is 2.05 bits per heavy atom. The summed E-state index contributed by atoms with van der Waals surface area (Å²) < 4.78 is 0. The van der Waals surface area contributed by atoms with Gasteiger partial charge in [-0.15, -0.1) is 0 Å². The summed E-state index contributed by atoms with van der Waals surface area (Å²) in [5, 5.41) is 12.6. The highest BCUT2D eigenvalue weighted by atomic mass is 15.1. The van der Waals surface area contributed by atoms with Crippen LogP contribution in [0.4, 0.5) is 5.69 Å². The molecule has 3 nitrogen and oxygen atoms in total. The Morgan fingerprint density at radius 3 is 2.76 bits per heavy atom. The van der Waals surface area contributed by atoms with Gasteiger partial charge in [0.2, 0.25) is 0 Å². The van der Waals surface area contributed by atoms with Crippen LogP contribution in [-0.4, -0.2) is 31.1 Å². The highest BCUT2D eigenvalue weighted by Crippen LogP contribution is 2.22. The van der Waals surface area contributed by atoms with Gasteiger partial charge in [0.1, 0.15) is 6.07 Å². The molecule has 1 aliphatic rings. The second-order valence-electron chi connectivity index (χ2n) is 6.16. The molecule has 0 spiro atoms. The second-order valence-corrected chi connectivity index (χ2v) is 6.16. The highest BCUT2D eigenvalue weighted by Gasteiger charge is 2.17. The summed E-state index contributed by atoms with van der Waals surface area (Å²) in [5.41, 5.74) is 2.89. The van der Waals surface area contributed by atoms with E-state index in [9.17, 15) is 0 Å². The molecule has 0 unspecified atom stereocenters. The quantitative estimate of drug-likeness (QED) is 0.805. The third-order valence-corrected chi connectivity index (χ3v) is 4.58. The van der Waals surface area contributed by atoms with Crippen molar-refractivity contribution in [1.82, 2.24) is 4.90 Å². The Morgan fingerprint density at radius 1 is 1.29 bits per heavy atom. The van der Waals surface area contributed by atoms with Gasteiger partial charge >= 0.3 is 0 Å². The van der Waals surface area contributed by atoms with E-state index in [-0.39, 0.29) is 0 Å². The van der Waals surface area contributed by atoms with E-state index in [1.54, 1.807) is 0 Å². The summed E-state index contributed by atoms with van der Waals surface area (Å²) in [4.78, 5) is 2.52. The molecule has 21 heavy (non-hydrogen) atoms. The van der Waals surface area contributed by atoms with Gasteiger partial charge in [0, 0.05) is 12.6 Å². The van der Waals surface area contributed by atoms with Crippen LogP contribution in [0.15, 0.2) is 18.2 Å². The molecule has 114 valence electrons. The summed E-state index contributed by atoms with van der Waals surface area (Å²) in [6.07, 6.45) is 8.03. The first-order valence-electron chi connectivity index (χ1n) is 8.16. The molecule has 0 atom stereocenters. The number of benzene rings is 1. The number of aryl methyl sites for hydroxylation is 1. The molecule has 0 saturated heterocycles. The summed E-state index contributed by atoms with van der Waals surface area (Å²) in [5.74, 6) is 0. The molecule has 0 amide bonds. The third-order valence-electron chi connectivity index (χ3n) is 4.58. The molecule has 3 heteroatoms. The number of nitrogens with zero attached hydrogens (tertiary/aromatic N) is 2. The fourth-order valence-corrected chi connectivity index (χ4v) is 3.24. The molecule has 1 aromatic carbocycles. The van der Waals surface area contributed by atoms with Gasteiger partial charge in [0.15, 0.2) is 0 Å². The Bertz CT molecular complexity index is 484. The van der Waals surface area contributed by atoms with Crippen LogP contribution in [0.5, 0.6) is 0 Å². The van der Waals surface area contributed by atoms with Gasteiger partial charge in [-0.25, -0.2) is 0 Å². The van der Waals surface area contributed by atoms with Gasteiger partial charge in [-0.2, -0.15) is 5.26 Å². The Kier molecular flexibility index (Phi) is 6.07. The van der Waals surface area contributed by atoms with Crippen LogP contribution < -0.4 is 5.32 Å². The maximum absolute atomic E-state index is 9.16. The van der Waals surface area contributed by atoms with Crippen molar-refractivity contribution in [3.63, 3.8) is 0 Å². The Labute approximate surface area is 129 Å². The highest BCUT2D eigenvalue weighted by molar-refractivity contribution is 5.62. The molecular formula is C18H27N3. The van der Waals surface area contributed by atoms with Gasteiger partial charge in [-0.3, -0.25) is 0 Å². The lowest BCUT2D eigenvalue weighted by Gasteiger charge is -2.31. The van der Waals surface area contributed by atoms with Crippen molar-refractivity contribution in [3.8, 4) is 6.07 Å². The van der Waals surface area contributed by atoms with Gasteiger partial charge in [0.25, 0.3) is 0 Å². The molecule has 0 radical (unpaired) electrons. The molecule has 1 fully saturated rings. The van der Waals surface area contributed by atoms with E-state index in [1.165, 1.54) is 32.1 Å². The van der Waals surface area contributed by atoms with Gasteiger partial charge in [0.05, 0.1) is 11.3 Å². The lowest BCUT2D eigenvalue weighted by molar-refractivity contribution is 0.191. The topological polar surface area (TPSA) is 39.1 Å². The van der Waals surface area contributed by atoms with Crippen LogP contribution in [0.1, 0.15) is 49.7 Å². The van der Waals surface area contributed by atoms with Crippen molar-refractivity contribution >= 4 is 5.69 Å². The smallest absolute Gasteiger partial charge is 0.101 e. The molecule has 0 aromatic heterocycles. The molecule has 2 rings (SSSR count). The minimum absolute atomic E-state index is 0.746. The first-order valence-corrected chi connectivity index (χ1v) is 8.16. The van der Waals surface area contributed by atoms with E-state index < -0.39 is 0 Å². The van der Waals surface area contributed by atoms with E-state index in [0.717, 1.165) is 42.4 Å². The third kappa shape index (κ3) is 4.47. The van der Waals surface area contributed by atoms with E-state index in [0.29, 0.717) is 0 Å². The van der Waals surface area contributed by atoms with Crippen LogP contribution in [0.3, 0.4) is 0 Å². The van der Waals surface area contributed by atoms with Crippen LogP contribution >= 0.6 is 0 Å². The SMILES string of the molecule is Cc1cccc(C#N)c1NCCCN(C)C1CCCCC1. The predicted molar refractivity (Wildman–Crippen MR) is 88.5 cm³/mol. The summed E-state index contributed by atoms with van der Waals surface area (Å²) in [6.45, 7) is 4.11. The van der Waals surface area contributed by atoms with Crippen molar-refractivity contribution in [1.29, 1.82) is 5.26 Å². The molecule has 0 heterocycles. The first-order chi connectivity index (χ1) is 10.2.